The monoisotopic (exact) mass is 236 g/mol. The van der Waals surface area contributed by atoms with Gasteiger partial charge in [0.15, 0.2) is 0 Å². The van der Waals surface area contributed by atoms with Gasteiger partial charge in [-0.15, -0.1) is 11.3 Å². The minimum atomic E-state index is 0.485. The maximum Gasteiger partial charge on any atom is 0.0798 e. The lowest BCUT2D eigenvalue weighted by Gasteiger charge is -2.22. The summed E-state index contributed by atoms with van der Waals surface area (Å²) in [5.74, 6) is 1.95. The van der Waals surface area contributed by atoms with E-state index in [1.807, 2.05) is 5.51 Å². The van der Waals surface area contributed by atoms with Gasteiger partial charge in [0, 0.05) is 17.0 Å². The Kier molecular flexibility index (Phi) is 2.76. The molecule has 0 aliphatic heterocycles. The van der Waals surface area contributed by atoms with Crippen molar-refractivity contribution in [2.24, 2.45) is 11.8 Å². The van der Waals surface area contributed by atoms with Gasteiger partial charge in [0.1, 0.15) is 0 Å². The molecule has 0 saturated heterocycles. The second-order valence-corrected chi connectivity index (χ2v) is 6.28. The summed E-state index contributed by atoms with van der Waals surface area (Å²) < 4.78 is 0. The summed E-state index contributed by atoms with van der Waals surface area (Å²) in [6.07, 6.45) is 5.79. The van der Waals surface area contributed by atoms with Crippen LogP contribution in [-0.4, -0.2) is 11.0 Å². The molecule has 2 saturated carbocycles. The number of hydrogen-bond donors (Lipinski definition) is 1. The van der Waals surface area contributed by atoms with Gasteiger partial charge < -0.3 is 5.32 Å². The number of nitrogens with zero attached hydrogens (tertiary/aromatic N) is 1. The van der Waals surface area contributed by atoms with Crippen LogP contribution < -0.4 is 5.32 Å². The van der Waals surface area contributed by atoms with Crippen LogP contribution in [0.25, 0.3) is 0 Å². The van der Waals surface area contributed by atoms with Crippen molar-refractivity contribution in [1.29, 1.82) is 0 Å². The van der Waals surface area contributed by atoms with Crippen LogP contribution in [0, 0.1) is 18.8 Å². The minimum absolute atomic E-state index is 0.485. The average molecular weight is 236 g/mol. The Morgan fingerprint density at radius 3 is 2.38 bits per heavy atom. The first-order chi connectivity index (χ1) is 7.75. The highest BCUT2D eigenvalue weighted by atomic mass is 32.1. The fourth-order valence-electron chi connectivity index (χ4n) is 2.66. The topological polar surface area (TPSA) is 24.9 Å². The van der Waals surface area contributed by atoms with Gasteiger partial charge in [-0.2, -0.15) is 0 Å². The van der Waals surface area contributed by atoms with Crippen LogP contribution >= 0.6 is 11.3 Å². The zero-order chi connectivity index (χ0) is 11.1. The molecular weight excluding hydrogens is 216 g/mol. The van der Waals surface area contributed by atoms with Crippen molar-refractivity contribution in [2.45, 2.75) is 51.6 Å². The molecule has 0 spiro atoms. The third-order valence-corrected chi connectivity index (χ3v) is 4.99. The van der Waals surface area contributed by atoms with Crippen LogP contribution in [0.4, 0.5) is 0 Å². The van der Waals surface area contributed by atoms with Crippen LogP contribution in [0.3, 0.4) is 0 Å². The largest absolute Gasteiger partial charge is 0.306 e. The van der Waals surface area contributed by atoms with Gasteiger partial charge in [0.2, 0.25) is 0 Å². The normalized spacial score (nSPS) is 22.7. The molecule has 2 fully saturated rings. The smallest absolute Gasteiger partial charge is 0.0798 e. The Balaban J connectivity index is 1.66. The molecule has 2 nitrogen and oxygen atoms in total. The number of thiazole rings is 1. The molecule has 0 aromatic carbocycles. The maximum atomic E-state index is 4.34. The summed E-state index contributed by atoms with van der Waals surface area (Å²) in [6, 6.07) is 1.27. The number of aromatic nitrogens is 1. The predicted octanol–water partition coefficient (Wildman–Crippen LogP) is 3.29. The summed E-state index contributed by atoms with van der Waals surface area (Å²) in [5.41, 5.74) is 3.17. The summed E-state index contributed by atoms with van der Waals surface area (Å²) in [5, 5.41) is 3.85. The highest BCUT2D eigenvalue weighted by Crippen LogP contribution is 2.45. The Hall–Kier alpha value is -0.410. The molecule has 2 aliphatic carbocycles. The fourth-order valence-corrected chi connectivity index (χ4v) is 3.48. The molecule has 0 amide bonds. The van der Waals surface area contributed by atoms with E-state index in [2.05, 4.69) is 24.1 Å². The van der Waals surface area contributed by atoms with Crippen LogP contribution in [0.2, 0.25) is 0 Å². The van der Waals surface area contributed by atoms with Crippen molar-refractivity contribution in [2.75, 3.05) is 0 Å². The van der Waals surface area contributed by atoms with Crippen LogP contribution in [-0.2, 0) is 0 Å². The zero-order valence-corrected chi connectivity index (χ0v) is 10.9. The predicted molar refractivity (Wildman–Crippen MR) is 67.6 cm³/mol. The first kappa shape index (κ1) is 10.7. The van der Waals surface area contributed by atoms with Gasteiger partial charge in [-0.3, -0.25) is 0 Å². The molecule has 0 bridgehead atoms. The average Bonchev–Trinajstić information content (AvgIpc) is 3.14. The lowest BCUT2D eigenvalue weighted by Crippen LogP contribution is -2.35. The molecule has 0 radical (unpaired) electrons. The van der Waals surface area contributed by atoms with Gasteiger partial charge in [-0.1, -0.05) is 0 Å². The Morgan fingerprint density at radius 1 is 1.31 bits per heavy atom. The second kappa shape index (κ2) is 4.11. The number of hydrogen-bond acceptors (Lipinski definition) is 3. The van der Waals surface area contributed by atoms with Gasteiger partial charge in [-0.25, -0.2) is 4.98 Å². The van der Waals surface area contributed by atoms with Crippen molar-refractivity contribution < 1.29 is 0 Å². The summed E-state index contributed by atoms with van der Waals surface area (Å²) >= 11 is 1.79. The van der Waals surface area contributed by atoms with E-state index < -0.39 is 0 Å². The van der Waals surface area contributed by atoms with E-state index in [0.717, 1.165) is 17.9 Å². The molecule has 1 unspecified atom stereocenters. The molecule has 16 heavy (non-hydrogen) atoms. The van der Waals surface area contributed by atoms with Gasteiger partial charge >= 0.3 is 0 Å². The molecule has 1 aromatic rings. The lowest BCUT2D eigenvalue weighted by atomic mass is 10.1. The summed E-state index contributed by atoms with van der Waals surface area (Å²) in [6.45, 7) is 4.41. The number of rotatable bonds is 5. The molecule has 1 aromatic heterocycles. The van der Waals surface area contributed by atoms with Crippen molar-refractivity contribution in [1.82, 2.24) is 10.3 Å². The van der Waals surface area contributed by atoms with Crippen molar-refractivity contribution >= 4 is 11.3 Å². The van der Waals surface area contributed by atoms with Crippen molar-refractivity contribution in [3.63, 3.8) is 0 Å². The van der Waals surface area contributed by atoms with Gasteiger partial charge in [-0.05, 0) is 51.4 Å². The third kappa shape index (κ3) is 2.16. The maximum absolute atomic E-state index is 4.34. The van der Waals surface area contributed by atoms with Crippen molar-refractivity contribution in [3.05, 3.63) is 16.1 Å². The Labute approximate surface area is 101 Å². The SMILES string of the molecule is Cc1ncsc1C(C)NC(C1CC1)C1CC1. The Morgan fingerprint density at radius 2 is 1.94 bits per heavy atom. The molecule has 3 heteroatoms. The molecule has 1 heterocycles. The van der Waals surface area contributed by atoms with E-state index in [4.69, 9.17) is 0 Å². The van der Waals surface area contributed by atoms with E-state index >= 15 is 0 Å². The van der Waals surface area contributed by atoms with E-state index in [1.54, 1.807) is 11.3 Å². The summed E-state index contributed by atoms with van der Waals surface area (Å²) in [7, 11) is 0. The van der Waals surface area contributed by atoms with E-state index in [0.29, 0.717) is 6.04 Å². The molecule has 3 rings (SSSR count). The standard InChI is InChI=1S/C13H20N2S/c1-8-13(16-7-14-8)9(2)15-12(10-3-4-10)11-5-6-11/h7,9-12,15H,3-6H2,1-2H3. The lowest BCUT2D eigenvalue weighted by molar-refractivity contribution is 0.379. The van der Waals surface area contributed by atoms with Gasteiger partial charge in [0.25, 0.3) is 0 Å². The third-order valence-electron chi connectivity index (χ3n) is 3.88. The van der Waals surface area contributed by atoms with E-state index in [9.17, 15) is 0 Å². The highest BCUT2D eigenvalue weighted by Gasteiger charge is 2.41. The van der Waals surface area contributed by atoms with Crippen molar-refractivity contribution in [3.8, 4) is 0 Å². The second-order valence-electron chi connectivity index (χ2n) is 5.39. The van der Waals surface area contributed by atoms with Gasteiger partial charge in [0.05, 0.1) is 11.2 Å². The van der Waals surface area contributed by atoms with Crippen LogP contribution in [0.15, 0.2) is 5.51 Å². The molecular formula is C13H20N2S. The van der Waals surface area contributed by atoms with Crippen LogP contribution in [0.5, 0.6) is 0 Å². The first-order valence-corrected chi connectivity index (χ1v) is 7.29. The van der Waals surface area contributed by atoms with E-state index in [-0.39, 0.29) is 0 Å². The molecule has 1 N–H and O–H groups in total. The molecule has 2 aliphatic rings. The quantitative estimate of drug-likeness (QED) is 0.848. The fraction of sp³-hybridized carbons (Fsp3) is 0.769. The number of aryl methyl sites for hydroxylation is 1. The Bertz CT molecular complexity index is 354. The summed E-state index contributed by atoms with van der Waals surface area (Å²) in [4.78, 5) is 5.77. The minimum Gasteiger partial charge on any atom is -0.306 e. The van der Waals surface area contributed by atoms with Crippen LogP contribution in [0.1, 0.15) is 49.2 Å². The first-order valence-electron chi connectivity index (χ1n) is 6.41. The highest BCUT2D eigenvalue weighted by molar-refractivity contribution is 7.09. The van der Waals surface area contributed by atoms with E-state index in [1.165, 1.54) is 36.3 Å². The zero-order valence-electron chi connectivity index (χ0n) is 10.1. The number of nitrogens with one attached hydrogen (secondary N) is 1. The molecule has 88 valence electrons. The molecule has 1 atom stereocenters.